The van der Waals surface area contributed by atoms with Gasteiger partial charge in [0, 0.05) is 36.3 Å². The van der Waals surface area contributed by atoms with Crippen molar-refractivity contribution in [2.45, 2.75) is 32.6 Å². The number of thiazole rings is 1. The monoisotopic (exact) mass is 317 g/mol. The summed E-state index contributed by atoms with van der Waals surface area (Å²) < 4.78 is 0. The normalized spacial score (nSPS) is 18.5. The number of rotatable bonds is 2. The third-order valence-corrected chi connectivity index (χ3v) is 5.27. The molecule has 22 heavy (non-hydrogen) atoms. The molecular formula is C15H19N5OS. The van der Waals surface area contributed by atoms with Crippen LogP contribution in [0.15, 0.2) is 12.4 Å². The van der Waals surface area contributed by atoms with Gasteiger partial charge in [-0.1, -0.05) is 0 Å². The van der Waals surface area contributed by atoms with E-state index in [1.165, 1.54) is 17.3 Å². The number of aryl methyl sites for hydroxylation is 2. The van der Waals surface area contributed by atoms with E-state index in [0.29, 0.717) is 12.5 Å². The first-order valence-corrected chi connectivity index (χ1v) is 8.17. The molecule has 2 N–H and O–H groups in total. The third kappa shape index (κ3) is 2.81. The molecule has 7 heteroatoms. The van der Waals surface area contributed by atoms with Crippen LogP contribution in [0.4, 0.5) is 5.82 Å². The van der Waals surface area contributed by atoms with Gasteiger partial charge in [-0.25, -0.2) is 15.0 Å². The summed E-state index contributed by atoms with van der Waals surface area (Å²) in [4.78, 5) is 28.3. The number of hydrogen-bond donors (Lipinski definition) is 1. The molecule has 6 nitrogen and oxygen atoms in total. The number of piperidine rings is 1. The maximum atomic E-state index is 12.6. The first-order chi connectivity index (χ1) is 10.6. The molecule has 1 saturated heterocycles. The van der Waals surface area contributed by atoms with Crippen LogP contribution in [0.2, 0.25) is 0 Å². The van der Waals surface area contributed by atoms with Crippen molar-refractivity contribution in [3.05, 3.63) is 33.7 Å². The third-order valence-electron chi connectivity index (χ3n) is 4.03. The van der Waals surface area contributed by atoms with Crippen molar-refractivity contribution in [3.8, 4) is 0 Å². The van der Waals surface area contributed by atoms with Crippen LogP contribution in [0.3, 0.4) is 0 Å². The Kier molecular flexibility index (Phi) is 4.06. The number of likely N-dealkylation sites (tertiary alicyclic amines) is 1. The Morgan fingerprint density at radius 3 is 2.82 bits per heavy atom. The highest BCUT2D eigenvalue weighted by Crippen LogP contribution is 2.31. The number of carbonyl (C=O) groups excluding carboxylic acids is 1. The molecule has 0 bridgehead atoms. The van der Waals surface area contributed by atoms with E-state index >= 15 is 0 Å². The largest absolute Gasteiger partial charge is 0.382 e. The first-order valence-electron chi connectivity index (χ1n) is 7.36. The van der Waals surface area contributed by atoms with Crippen LogP contribution in [-0.2, 0) is 0 Å². The van der Waals surface area contributed by atoms with E-state index in [1.807, 2.05) is 11.8 Å². The fourth-order valence-corrected chi connectivity index (χ4v) is 3.75. The Morgan fingerprint density at radius 2 is 2.14 bits per heavy atom. The highest BCUT2D eigenvalue weighted by Gasteiger charge is 2.29. The SMILES string of the molecule is Cc1nc([C@H]2CCCN(C(=O)c3nccnc3N)C2)sc1C. The maximum absolute atomic E-state index is 12.6. The molecule has 116 valence electrons. The number of anilines is 1. The lowest BCUT2D eigenvalue weighted by Crippen LogP contribution is -2.39. The van der Waals surface area contributed by atoms with Crippen molar-refractivity contribution in [3.63, 3.8) is 0 Å². The second-order valence-corrected chi connectivity index (χ2v) is 6.81. The van der Waals surface area contributed by atoms with Crippen molar-refractivity contribution in [2.75, 3.05) is 18.8 Å². The predicted molar refractivity (Wildman–Crippen MR) is 85.9 cm³/mol. The zero-order chi connectivity index (χ0) is 15.7. The molecule has 0 saturated carbocycles. The van der Waals surface area contributed by atoms with E-state index in [0.717, 1.165) is 30.1 Å². The molecule has 3 heterocycles. The average Bonchev–Trinajstić information content (AvgIpc) is 2.87. The Hall–Kier alpha value is -2.02. The molecule has 1 aliphatic heterocycles. The smallest absolute Gasteiger partial charge is 0.276 e. The minimum Gasteiger partial charge on any atom is -0.382 e. The number of nitrogen functional groups attached to an aromatic ring is 1. The molecule has 0 aliphatic carbocycles. The summed E-state index contributed by atoms with van der Waals surface area (Å²) in [6, 6.07) is 0. The lowest BCUT2D eigenvalue weighted by atomic mass is 9.98. The Bertz CT molecular complexity index is 679. The fraction of sp³-hybridized carbons (Fsp3) is 0.467. The molecule has 1 fully saturated rings. The Labute approximate surface area is 133 Å². The van der Waals surface area contributed by atoms with Crippen LogP contribution in [0.1, 0.15) is 44.8 Å². The summed E-state index contributed by atoms with van der Waals surface area (Å²) in [7, 11) is 0. The van der Waals surface area contributed by atoms with Gasteiger partial charge in [-0.2, -0.15) is 0 Å². The van der Waals surface area contributed by atoms with Crippen molar-refractivity contribution >= 4 is 23.1 Å². The van der Waals surface area contributed by atoms with Gasteiger partial charge in [0.15, 0.2) is 11.5 Å². The summed E-state index contributed by atoms with van der Waals surface area (Å²) in [5.74, 6) is 0.351. The number of hydrogen-bond acceptors (Lipinski definition) is 6. The van der Waals surface area contributed by atoms with Crippen LogP contribution < -0.4 is 5.73 Å². The van der Waals surface area contributed by atoms with Crippen LogP contribution in [-0.4, -0.2) is 38.8 Å². The Balaban J connectivity index is 1.78. The van der Waals surface area contributed by atoms with Crippen molar-refractivity contribution in [1.29, 1.82) is 0 Å². The number of nitrogens with zero attached hydrogens (tertiary/aromatic N) is 4. The van der Waals surface area contributed by atoms with Crippen molar-refractivity contribution in [1.82, 2.24) is 19.9 Å². The zero-order valence-electron chi connectivity index (χ0n) is 12.7. The summed E-state index contributed by atoms with van der Waals surface area (Å²) in [5.41, 5.74) is 7.10. The van der Waals surface area contributed by atoms with Gasteiger partial charge in [-0.15, -0.1) is 11.3 Å². The second kappa shape index (κ2) is 6.00. The molecule has 1 amide bonds. The highest BCUT2D eigenvalue weighted by atomic mass is 32.1. The van der Waals surface area contributed by atoms with Gasteiger partial charge < -0.3 is 10.6 Å². The van der Waals surface area contributed by atoms with E-state index in [9.17, 15) is 4.79 Å². The summed E-state index contributed by atoms with van der Waals surface area (Å²) >= 11 is 1.73. The number of nitrogens with two attached hydrogens (primary N) is 1. The molecule has 1 atom stereocenters. The van der Waals surface area contributed by atoms with E-state index in [2.05, 4.69) is 21.9 Å². The minimum absolute atomic E-state index is 0.139. The molecule has 0 radical (unpaired) electrons. The molecule has 0 spiro atoms. The van der Waals surface area contributed by atoms with Crippen LogP contribution in [0.25, 0.3) is 0 Å². The van der Waals surface area contributed by atoms with Gasteiger partial charge in [0.1, 0.15) is 0 Å². The molecular weight excluding hydrogens is 298 g/mol. The summed E-state index contributed by atoms with van der Waals surface area (Å²) in [5, 5.41) is 1.12. The van der Waals surface area contributed by atoms with E-state index < -0.39 is 0 Å². The quantitative estimate of drug-likeness (QED) is 0.917. The standard InChI is InChI=1S/C15H19N5OS/c1-9-10(2)22-14(19-9)11-4-3-7-20(8-11)15(21)12-13(16)18-6-5-17-12/h5-6,11H,3-4,7-8H2,1-2H3,(H2,16,18)/t11-/m0/s1. The molecule has 0 unspecified atom stereocenters. The zero-order valence-corrected chi connectivity index (χ0v) is 13.6. The van der Waals surface area contributed by atoms with E-state index in [-0.39, 0.29) is 17.4 Å². The van der Waals surface area contributed by atoms with Crippen molar-refractivity contribution in [2.24, 2.45) is 0 Å². The predicted octanol–water partition coefficient (Wildman–Crippen LogP) is 2.15. The molecule has 1 aliphatic rings. The lowest BCUT2D eigenvalue weighted by molar-refractivity contribution is 0.0702. The van der Waals surface area contributed by atoms with Gasteiger partial charge in [-0.3, -0.25) is 4.79 Å². The second-order valence-electron chi connectivity index (χ2n) is 5.57. The fourth-order valence-electron chi connectivity index (χ4n) is 2.70. The van der Waals surface area contributed by atoms with Gasteiger partial charge in [0.05, 0.1) is 10.7 Å². The van der Waals surface area contributed by atoms with Gasteiger partial charge in [-0.05, 0) is 26.7 Å². The molecule has 3 rings (SSSR count). The van der Waals surface area contributed by atoms with Crippen LogP contribution in [0, 0.1) is 13.8 Å². The topological polar surface area (TPSA) is 85.0 Å². The van der Waals surface area contributed by atoms with Crippen molar-refractivity contribution < 1.29 is 4.79 Å². The number of carbonyl (C=O) groups is 1. The highest BCUT2D eigenvalue weighted by molar-refractivity contribution is 7.11. The van der Waals surface area contributed by atoms with E-state index in [1.54, 1.807) is 11.3 Å². The molecule has 2 aromatic heterocycles. The molecule has 2 aromatic rings. The summed E-state index contributed by atoms with van der Waals surface area (Å²) in [6.07, 6.45) is 5.02. The number of amides is 1. The number of aromatic nitrogens is 3. The summed E-state index contributed by atoms with van der Waals surface area (Å²) in [6.45, 7) is 5.51. The van der Waals surface area contributed by atoms with Gasteiger partial charge in [0.2, 0.25) is 0 Å². The maximum Gasteiger partial charge on any atom is 0.276 e. The average molecular weight is 317 g/mol. The van der Waals surface area contributed by atoms with Gasteiger partial charge >= 0.3 is 0 Å². The molecule has 0 aromatic carbocycles. The minimum atomic E-state index is -0.139. The van der Waals surface area contributed by atoms with Crippen LogP contribution >= 0.6 is 11.3 Å². The lowest BCUT2D eigenvalue weighted by Gasteiger charge is -2.31. The van der Waals surface area contributed by atoms with Gasteiger partial charge in [0.25, 0.3) is 5.91 Å². The van der Waals surface area contributed by atoms with Crippen LogP contribution in [0.5, 0.6) is 0 Å². The first kappa shape index (κ1) is 14.9. The van der Waals surface area contributed by atoms with E-state index in [4.69, 9.17) is 5.73 Å². The Morgan fingerprint density at radius 1 is 1.36 bits per heavy atom.